The van der Waals surface area contributed by atoms with Gasteiger partial charge in [-0.1, -0.05) is 32.6 Å². The maximum Gasteiger partial charge on any atom is 0.0619 e. The van der Waals surface area contributed by atoms with Gasteiger partial charge in [0.1, 0.15) is 0 Å². The molecule has 0 aliphatic carbocycles. The van der Waals surface area contributed by atoms with E-state index in [-0.39, 0.29) is 0 Å². The second-order valence-corrected chi connectivity index (χ2v) is 4.90. The van der Waals surface area contributed by atoms with Crippen molar-refractivity contribution in [3.05, 3.63) is 0 Å². The molecule has 0 aromatic rings. The normalized spacial score (nSPS) is 24.6. The molecule has 0 radical (unpaired) electrons. The minimum atomic E-state index is 0.536. The van der Waals surface area contributed by atoms with Crippen molar-refractivity contribution in [2.75, 3.05) is 26.3 Å². The summed E-state index contributed by atoms with van der Waals surface area (Å²) in [6.07, 6.45) is 6.59. The Morgan fingerprint density at radius 2 is 2.19 bits per heavy atom. The highest BCUT2D eigenvalue weighted by Crippen LogP contribution is 2.15. The summed E-state index contributed by atoms with van der Waals surface area (Å²) in [5.41, 5.74) is 5.90. The molecule has 1 fully saturated rings. The van der Waals surface area contributed by atoms with Gasteiger partial charge >= 0.3 is 0 Å². The third-order valence-corrected chi connectivity index (χ3v) is 3.55. The predicted octanol–water partition coefficient (Wildman–Crippen LogP) is 2.00. The standard InChI is InChI=1S/C13H28N2O/c1-3-4-5-6-7-13(10-14)15-8-9-16-11-12(15)2/h12-13H,3-11,14H2,1-2H3. The van der Waals surface area contributed by atoms with Crippen molar-refractivity contribution in [3.8, 4) is 0 Å². The SMILES string of the molecule is CCCCCCC(CN)N1CCOCC1C. The van der Waals surface area contributed by atoms with Crippen molar-refractivity contribution < 1.29 is 4.74 Å². The third kappa shape index (κ3) is 4.40. The lowest BCUT2D eigenvalue weighted by atomic mass is 10.0. The number of hydrogen-bond acceptors (Lipinski definition) is 3. The van der Waals surface area contributed by atoms with Crippen LogP contribution in [0.1, 0.15) is 46.0 Å². The van der Waals surface area contributed by atoms with Crippen molar-refractivity contribution in [3.63, 3.8) is 0 Å². The van der Waals surface area contributed by atoms with E-state index < -0.39 is 0 Å². The Kier molecular flexibility index (Phi) is 7.01. The molecule has 2 atom stereocenters. The summed E-state index contributed by atoms with van der Waals surface area (Å²) in [6.45, 7) is 8.08. The molecule has 96 valence electrons. The first-order valence-electron chi connectivity index (χ1n) is 6.83. The van der Waals surface area contributed by atoms with Crippen LogP contribution in [0.4, 0.5) is 0 Å². The van der Waals surface area contributed by atoms with Gasteiger partial charge in [-0.3, -0.25) is 4.90 Å². The van der Waals surface area contributed by atoms with Crippen LogP contribution in [0.3, 0.4) is 0 Å². The maximum absolute atomic E-state index is 5.90. The van der Waals surface area contributed by atoms with Gasteiger partial charge in [0.2, 0.25) is 0 Å². The molecular weight excluding hydrogens is 200 g/mol. The van der Waals surface area contributed by atoms with E-state index in [1.165, 1.54) is 32.1 Å². The quantitative estimate of drug-likeness (QED) is 0.677. The van der Waals surface area contributed by atoms with E-state index in [0.29, 0.717) is 12.1 Å². The third-order valence-electron chi connectivity index (χ3n) is 3.55. The molecule has 16 heavy (non-hydrogen) atoms. The van der Waals surface area contributed by atoms with Gasteiger partial charge in [0.25, 0.3) is 0 Å². The summed E-state index contributed by atoms with van der Waals surface area (Å²) in [4.78, 5) is 2.54. The lowest BCUT2D eigenvalue weighted by Crippen LogP contribution is -2.51. The van der Waals surface area contributed by atoms with Gasteiger partial charge in [-0.15, -0.1) is 0 Å². The van der Waals surface area contributed by atoms with Crippen LogP contribution < -0.4 is 5.73 Å². The first kappa shape index (κ1) is 13.9. The second kappa shape index (κ2) is 8.04. The molecule has 2 unspecified atom stereocenters. The fourth-order valence-corrected chi connectivity index (χ4v) is 2.51. The van der Waals surface area contributed by atoms with Crippen LogP contribution in [0.25, 0.3) is 0 Å². The highest BCUT2D eigenvalue weighted by atomic mass is 16.5. The molecule has 0 bridgehead atoms. The van der Waals surface area contributed by atoms with E-state index in [0.717, 1.165) is 26.3 Å². The zero-order valence-electron chi connectivity index (χ0n) is 11.0. The number of unbranched alkanes of at least 4 members (excludes halogenated alkanes) is 3. The fraction of sp³-hybridized carbons (Fsp3) is 1.00. The molecule has 0 aromatic heterocycles. The van der Waals surface area contributed by atoms with Gasteiger partial charge in [-0.2, -0.15) is 0 Å². The van der Waals surface area contributed by atoms with Gasteiger partial charge in [-0.25, -0.2) is 0 Å². The molecule has 0 spiro atoms. The van der Waals surface area contributed by atoms with Gasteiger partial charge in [0.05, 0.1) is 13.2 Å². The summed E-state index contributed by atoms with van der Waals surface area (Å²) in [6, 6.07) is 1.10. The molecule has 0 aromatic carbocycles. The van der Waals surface area contributed by atoms with Gasteiger partial charge < -0.3 is 10.5 Å². The van der Waals surface area contributed by atoms with Gasteiger partial charge in [0.15, 0.2) is 0 Å². The lowest BCUT2D eigenvalue weighted by molar-refractivity contribution is -0.0222. The van der Waals surface area contributed by atoms with E-state index in [1.54, 1.807) is 0 Å². The molecular formula is C13H28N2O. The lowest BCUT2D eigenvalue weighted by Gasteiger charge is -2.39. The van der Waals surface area contributed by atoms with E-state index >= 15 is 0 Å². The summed E-state index contributed by atoms with van der Waals surface area (Å²) >= 11 is 0. The number of morpholine rings is 1. The van der Waals surface area contributed by atoms with Crippen molar-refractivity contribution in [1.29, 1.82) is 0 Å². The Labute approximate surface area is 100 Å². The van der Waals surface area contributed by atoms with E-state index in [4.69, 9.17) is 10.5 Å². The first-order chi connectivity index (χ1) is 7.79. The molecule has 2 N–H and O–H groups in total. The van der Waals surface area contributed by atoms with E-state index in [1.807, 2.05) is 0 Å². The number of nitrogens with two attached hydrogens (primary N) is 1. The fourth-order valence-electron chi connectivity index (χ4n) is 2.51. The predicted molar refractivity (Wildman–Crippen MR) is 68.6 cm³/mol. The molecule has 1 heterocycles. The summed E-state index contributed by atoms with van der Waals surface area (Å²) < 4.78 is 5.47. The second-order valence-electron chi connectivity index (χ2n) is 4.90. The maximum atomic E-state index is 5.90. The highest BCUT2D eigenvalue weighted by molar-refractivity contribution is 4.80. The molecule has 3 nitrogen and oxygen atoms in total. The zero-order chi connectivity index (χ0) is 11.8. The largest absolute Gasteiger partial charge is 0.379 e. The highest BCUT2D eigenvalue weighted by Gasteiger charge is 2.24. The average Bonchev–Trinajstić information content (AvgIpc) is 2.31. The number of hydrogen-bond donors (Lipinski definition) is 1. The summed E-state index contributed by atoms with van der Waals surface area (Å²) in [5, 5.41) is 0. The van der Waals surface area contributed by atoms with Crippen LogP contribution in [0.2, 0.25) is 0 Å². The van der Waals surface area contributed by atoms with Crippen molar-refractivity contribution in [1.82, 2.24) is 4.90 Å². The molecule has 0 amide bonds. The Morgan fingerprint density at radius 3 is 2.81 bits per heavy atom. The van der Waals surface area contributed by atoms with Crippen LogP contribution in [0, 0.1) is 0 Å². The summed E-state index contributed by atoms with van der Waals surface area (Å²) in [7, 11) is 0. The van der Waals surface area contributed by atoms with Crippen LogP contribution in [0.15, 0.2) is 0 Å². The van der Waals surface area contributed by atoms with Crippen molar-refractivity contribution in [2.45, 2.75) is 58.0 Å². The number of nitrogens with zero attached hydrogens (tertiary/aromatic N) is 1. The van der Waals surface area contributed by atoms with E-state index in [9.17, 15) is 0 Å². The Bertz CT molecular complexity index is 175. The molecule has 1 aliphatic heterocycles. The number of ether oxygens (including phenoxy) is 1. The molecule has 0 saturated carbocycles. The Balaban J connectivity index is 2.28. The van der Waals surface area contributed by atoms with Crippen LogP contribution in [0.5, 0.6) is 0 Å². The molecule has 1 saturated heterocycles. The first-order valence-corrected chi connectivity index (χ1v) is 6.83. The molecule has 3 heteroatoms. The smallest absolute Gasteiger partial charge is 0.0619 e. The number of rotatable bonds is 7. The minimum absolute atomic E-state index is 0.536. The zero-order valence-corrected chi connectivity index (χ0v) is 11.0. The van der Waals surface area contributed by atoms with Gasteiger partial charge in [-0.05, 0) is 13.3 Å². The van der Waals surface area contributed by atoms with E-state index in [2.05, 4.69) is 18.7 Å². The van der Waals surface area contributed by atoms with Crippen LogP contribution >= 0.6 is 0 Å². The monoisotopic (exact) mass is 228 g/mol. The summed E-state index contributed by atoms with van der Waals surface area (Å²) in [5.74, 6) is 0. The Morgan fingerprint density at radius 1 is 1.38 bits per heavy atom. The molecule has 1 aliphatic rings. The topological polar surface area (TPSA) is 38.5 Å². The van der Waals surface area contributed by atoms with Gasteiger partial charge in [0, 0.05) is 25.2 Å². The molecule has 1 rings (SSSR count). The van der Waals surface area contributed by atoms with Crippen molar-refractivity contribution >= 4 is 0 Å². The van der Waals surface area contributed by atoms with Crippen molar-refractivity contribution in [2.24, 2.45) is 5.73 Å². The average molecular weight is 228 g/mol. The Hall–Kier alpha value is -0.120. The van der Waals surface area contributed by atoms with Crippen LogP contribution in [-0.4, -0.2) is 43.3 Å². The minimum Gasteiger partial charge on any atom is -0.379 e. The van der Waals surface area contributed by atoms with Crippen LogP contribution in [-0.2, 0) is 4.74 Å².